The van der Waals surface area contributed by atoms with E-state index in [4.69, 9.17) is 0 Å². The van der Waals surface area contributed by atoms with Crippen molar-refractivity contribution in [3.05, 3.63) is 139 Å². The minimum atomic E-state index is -2.69. The van der Waals surface area contributed by atoms with E-state index in [1.807, 2.05) is 0 Å². The quantitative estimate of drug-likeness (QED) is 0.143. The third-order valence-corrected chi connectivity index (χ3v) is 15.6. The Morgan fingerprint density at radius 1 is 0.500 bits per heavy atom. The average Bonchev–Trinajstić information content (AvgIpc) is 3.45. The fourth-order valence-corrected chi connectivity index (χ4v) is 13.8. The van der Waals surface area contributed by atoms with Crippen molar-refractivity contribution < 1.29 is 57.7 Å². The number of hydrogen-bond acceptors (Lipinski definition) is 0. The topological polar surface area (TPSA) is 0 Å². The maximum absolute atomic E-state index is 2.69. The second-order valence-electron chi connectivity index (χ2n) is 12.0. The van der Waals surface area contributed by atoms with Gasteiger partial charge in [0.1, 0.15) is 0 Å². The van der Waals surface area contributed by atoms with Gasteiger partial charge in [0.2, 0.25) is 0 Å². The summed E-state index contributed by atoms with van der Waals surface area (Å²) >= 11 is 2.42. The molecule has 0 heterocycles. The van der Waals surface area contributed by atoms with E-state index < -0.39 is 8.07 Å². The van der Waals surface area contributed by atoms with Crippen LogP contribution in [-0.2, 0) is 59.0 Å². The van der Waals surface area contributed by atoms with E-state index in [2.05, 4.69) is 153 Å². The summed E-state index contributed by atoms with van der Waals surface area (Å²) in [6.45, 7) is 13.9. The summed E-state index contributed by atoms with van der Waals surface area (Å²) < 4.78 is 1.48. The van der Waals surface area contributed by atoms with E-state index in [-0.39, 0.29) is 37.2 Å². The molecule has 1 aliphatic carbocycles. The van der Waals surface area contributed by atoms with Crippen molar-refractivity contribution in [3.8, 4) is 0 Å². The van der Waals surface area contributed by atoms with E-state index in [1.54, 1.807) is 20.8 Å². The summed E-state index contributed by atoms with van der Waals surface area (Å²) in [5.41, 5.74) is 11.5. The van der Waals surface area contributed by atoms with Crippen LogP contribution in [0, 0.1) is 0 Å². The van der Waals surface area contributed by atoms with Crippen LogP contribution in [0.2, 0.25) is 0 Å². The van der Waals surface area contributed by atoms with E-state index in [1.165, 1.54) is 48.4 Å². The van der Waals surface area contributed by atoms with Gasteiger partial charge < -0.3 is 37.2 Å². The molecule has 0 unspecified atom stereocenters. The molecule has 0 aliphatic heterocycles. The van der Waals surface area contributed by atoms with Crippen molar-refractivity contribution in [3.63, 3.8) is 0 Å². The Kier molecular flexibility index (Phi) is 15.8. The molecule has 0 amide bonds. The van der Waals surface area contributed by atoms with E-state index >= 15 is 0 Å². The fraction of sp³-hybridized carbons (Fsp3) is 0.317. The van der Waals surface area contributed by atoms with Gasteiger partial charge in [0.15, 0.2) is 0 Å². The summed E-state index contributed by atoms with van der Waals surface area (Å²) in [4.78, 5) is 0. The molecule has 4 aromatic carbocycles. The monoisotopic (exact) mass is 720 g/mol. The maximum Gasteiger partial charge on any atom is -1.00 e. The molecule has 0 bridgehead atoms. The number of halogens is 3. The SMILES string of the molecule is CCc1cc(CC)cc([Si](C2=[C]([Ti+3])C(c3ccccc3)=CC2)(c2cc(CC)cc(CC)c2)c2cc(CC)cc(CC)c2)c1.[Cl-].[Cl-].[Cl-]. The molecule has 5 rings (SSSR count). The number of hydrogen-bond donors (Lipinski definition) is 0. The molecule has 46 heavy (non-hydrogen) atoms. The molecule has 0 radical (unpaired) electrons. The zero-order valence-corrected chi connectivity index (χ0v) is 33.1. The Labute approximate surface area is 310 Å². The van der Waals surface area contributed by atoms with Gasteiger partial charge >= 0.3 is 275 Å². The minimum absolute atomic E-state index is 0. The third kappa shape index (κ3) is 7.89. The maximum atomic E-state index is 2.60. The summed E-state index contributed by atoms with van der Waals surface area (Å²) in [6.07, 6.45) is 9.88. The standard InChI is InChI=1S/C41H47Si.3ClH.Ti/c1-7-30-20-31(8-2)24-39(23-30)42(40-25-32(9-3)21-33(10-4)26-40,41-27-34(11-5)22-35(12-6)28-41)38-19-18-37(29-38)36-16-14-13-15-17-36;;;;/h13-18,20-28H,7-12,19H2,1-6H3;3*1H;/q;;;;+3/p-3. The fourth-order valence-electron chi connectivity index (χ4n) is 6.98. The Bertz CT molecular complexity index is 1470. The summed E-state index contributed by atoms with van der Waals surface area (Å²) in [6, 6.07) is 34.0. The van der Waals surface area contributed by atoms with Crippen LogP contribution in [-0.4, -0.2) is 8.07 Å². The van der Waals surface area contributed by atoms with Crippen LogP contribution in [0.1, 0.15) is 86.9 Å². The van der Waals surface area contributed by atoms with Crippen molar-refractivity contribution in [1.82, 2.24) is 0 Å². The first-order valence-electron chi connectivity index (χ1n) is 16.5. The molecular formula is C41H47Cl3SiTi. The van der Waals surface area contributed by atoms with Crippen LogP contribution in [0.25, 0.3) is 5.57 Å². The van der Waals surface area contributed by atoms with Gasteiger partial charge in [-0.05, 0) is 0 Å². The molecule has 0 aromatic heterocycles. The summed E-state index contributed by atoms with van der Waals surface area (Å²) in [5, 5.41) is 6.34. The molecule has 240 valence electrons. The van der Waals surface area contributed by atoms with Crippen LogP contribution in [0.3, 0.4) is 0 Å². The number of benzene rings is 4. The van der Waals surface area contributed by atoms with E-state index in [0.717, 1.165) is 44.9 Å². The zero-order valence-electron chi connectivity index (χ0n) is 28.2. The van der Waals surface area contributed by atoms with Crippen molar-refractivity contribution in [2.24, 2.45) is 0 Å². The first-order valence-corrected chi connectivity index (χ1v) is 19.3. The number of rotatable bonds is 11. The smallest absolute Gasteiger partial charge is 1.00 e. The summed E-state index contributed by atoms with van der Waals surface area (Å²) in [5.74, 6) is 0. The van der Waals surface area contributed by atoms with Crippen molar-refractivity contribution >= 4 is 29.2 Å². The molecule has 0 saturated heterocycles. The molecule has 5 heteroatoms. The largest absolute Gasteiger partial charge is 1.00 e. The molecule has 0 atom stereocenters. The predicted molar refractivity (Wildman–Crippen MR) is 186 cm³/mol. The predicted octanol–water partition coefficient (Wildman–Crippen LogP) is -0.629. The van der Waals surface area contributed by atoms with Crippen LogP contribution in [0.15, 0.2) is 100 Å². The summed E-state index contributed by atoms with van der Waals surface area (Å²) in [7, 11) is -2.69. The van der Waals surface area contributed by atoms with E-state index in [0.29, 0.717) is 0 Å². The van der Waals surface area contributed by atoms with Crippen molar-refractivity contribution in [2.45, 2.75) is 86.5 Å². The van der Waals surface area contributed by atoms with E-state index in [9.17, 15) is 0 Å². The van der Waals surface area contributed by atoms with Crippen molar-refractivity contribution in [1.29, 1.82) is 0 Å². The van der Waals surface area contributed by atoms with Crippen LogP contribution >= 0.6 is 0 Å². The van der Waals surface area contributed by atoms with Gasteiger partial charge in [-0.2, -0.15) is 0 Å². The van der Waals surface area contributed by atoms with Crippen molar-refractivity contribution in [2.75, 3.05) is 0 Å². The van der Waals surface area contributed by atoms with Gasteiger partial charge in [0.25, 0.3) is 0 Å². The Hall–Kier alpha value is -1.84. The average molecular weight is 722 g/mol. The van der Waals surface area contributed by atoms with Crippen LogP contribution in [0.4, 0.5) is 0 Å². The minimum Gasteiger partial charge on any atom is -1.00 e. The molecule has 0 nitrogen and oxygen atoms in total. The Morgan fingerprint density at radius 3 is 1.13 bits per heavy atom. The normalized spacial score (nSPS) is 12.7. The van der Waals surface area contributed by atoms with Gasteiger partial charge in [-0.1, -0.05) is 0 Å². The number of allylic oxidation sites excluding steroid dienone is 4. The molecule has 0 fully saturated rings. The first kappa shape index (κ1) is 40.3. The molecule has 0 saturated carbocycles. The third-order valence-electron chi connectivity index (χ3n) is 9.53. The van der Waals surface area contributed by atoms with Gasteiger partial charge in [0, 0.05) is 0 Å². The molecule has 4 aromatic rings. The van der Waals surface area contributed by atoms with Crippen LogP contribution < -0.4 is 52.8 Å². The molecule has 0 N–H and O–H groups in total. The van der Waals surface area contributed by atoms with Gasteiger partial charge in [0.05, 0.1) is 0 Å². The molecule has 0 spiro atoms. The second-order valence-corrected chi connectivity index (χ2v) is 16.6. The van der Waals surface area contributed by atoms with Gasteiger partial charge in [-0.15, -0.1) is 0 Å². The Balaban J connectivity index is 0.00000245. The van der Waals surface area contributed by atoms with Gasteiger partial charge in [-0.25, -0.2) is 0 Å². The molecular weight excluding hydrogens is 675 g/mol. The first-order chi connectivity index (χ1) is 20.9. The second kappa shape index (κ2) is 18.1. The molecule has 1 aliphatic rings. The zero-order chi connectivity index (χ0) is 30.6. The van der Waals surface area contributed by atoms with Crippen LogP contribution in [0.5, 0.6) is 0 Å². The Morgan fingerprint density at radius 2 is 0.826 bits per heavy atom. The number of aryl methyl sites for hydroxylation is 6. The van der Waals surface area contributed by atoms with Gasteiger partial charge in [-0.3, -0.25) is 0 Å².